The summed E-state index contributed by atoms with van der Waals surface area (Å²) in [5.74, 6) is 0.367. The zero-order valence-corrected chi connectivity index (χ0v) is 10.7. The van der Waals surface area contributed by atoms with E-state index >= 15 is 0 Å². The average molecular weight is 265 g/mol. The number of hydrogen-bond acceptors (Lipinski definition) is 4. The Labute approximate surface area is 104 Å². The smallest absolute Gasteiger partial charge is 0.232 e. The monoisotopic (exact) mass is 265 g/mol. The number of nitrogens with zero attached hydrogens (tertiary/aromatic N) is 1. The summed E-state index contributed by atoms with van der Waals surface area (Å²) in [5, 5.41) is 0.827. The van der Waals surface area contributed by atoms with Crippen molar-refractivity contribution in [1.29, 1.82) is 0 Å². The van der Waals surface area contributed by atoms with Crippen LogP contribution >= 0.6 is 10.8 Å². The van der Waals surface area contributed by atoms with Gasteiger partial charge in [-0.3, -0.25) is 4.98 Å². The number of para-hydroxylation sites is 1. The summed E-state index contributed by atoms with van der Waals surface area (Å²) in [6.45, 7) is 3.52. The lowest BCUT2D eigenvalue weighted by molar-refractivity contribution is 0.611. The molecule has 0 N–H and O–H groups in total. The fourth-order valence-electron chi connectivity index (χ4n) is 1.48. The van der Waals surface area contributed by atoms with E-state index in [0.29, 0.717) is 11.3 Å². The minimum Gasteiger partial charge on any atom is -0.255 e. The van der Waals surface area contributed by atoms with Crippen LogP contribution < -0.4 is 0 Å². The van der Waals surface area contributed by atoms with Gasteiger partial charge in [-0.05, 0) is 22.9 Å². The zero-order valence-electron chi connectivity index (χ0n) is 9.04. The van der Waals surface area contributed by atoms with Crippen LogP contribution in [0.5, 0.6) is 0 Å². The molecule has 0 fully saturated rings. The quantitative estimate of drug-likeness (QED) is 0.630. The van der Waals surface area contributed by atoms with Gasteiger partial charge in [-0.1, -0.05) is 24.3 Å². The molecule has 0 bridgehead atoms. The van der Waals surface area contributed by atoms with Crippen molar-refractivity contribution in [3.63, 3.8) is 0 Å². The number of aromatic nitrogens is 1. The summed E-state index contributed by atoms with van der Waals surface area (Å²) in [7, 11) is -2.51. The second kappa shape index (κ2) is 4.89. The third-order valence-electron chi connectivity index (χ3n) is 2.21. The molecule has 1 heterocycles. The van der Waals surface area contributed by atoms with Gasteiger partial charge in [0.1, 0.15) is 4.90 Å². The summed E-state index contributed by atoms with van der Waals surface area (Å²) in [6, 6.07) is 8.79. The fourth-order valence-corrected chi connectivity index (χ4v) is 4.14. The van der Waals surface area contributed by atoms with Gasteiger partial charge in [0.05, 0.1) is 5.52 Å². The summed E-state index contributed by atoms with van der Waals surface area (Å²) in [4.78, 5) is 4.40. The van der Waals surface area contributed by atoms with E-state index in [9.17, 15) is 8.42 Å². The predicted molar refractivity (Wildman–Crippen MR) is 71.6 cm³/mol. The van der Waals surface area contributed by atoms with Crippen molar-refractivity contribution in [2.24, 2.45) is 0 Å². The number of fused-ring (bicyclic) bond motifs is 1. The van der Waals surface area contributed by atoms with Gasteiger partial charge in [-0.15, -0.1) is 6.58 Å². The highest BCUT2D eigenvalue weighted by Crippen LogP contribution is 2.28. The average Bonchev–Trinajstić information content (AvgIpc) is 2.36. The first-order chi connectivity index (χ1) is 8.15. The van der Waals surface area contributed by atoms with Gasteiger partial charge in [-0.2, -0.15) is 0 Å². The lowest BCUT2D eigenvalue weighted by Gasteiger charge is -2.05. The van der Waals surface area contributed by atoms with E-state index in [1.807, 2.05) is 12.1 Å². The molecule has 0 saturated carbocycles. The Bertz CT molecular complexity index is 645. The van der Waals surface area contributed by atoms with Crippen LogP contribution in [0.25, 0.3) is 10.9 Å². The second-order valence-electron chi connectivity index (χ2n) is 3.36. The van der Waals surface area contributed by atoms with Crippen molar-refractivity contribution < 1.29 is 8.42 Å². The van der Waals surface area contributed by atoms with Crippen molar-refractivity contribution in [2.75, 3.05) is 5.75 Å². The van der Waals surface area contributed by atoms with E-state index < -0.39 is 8.87 Å². The summed E-state index contributed by atoms with van der Waals surface area (Å²) < 4.78 is 24.2. The van der Waals surface area contributed by atoms with Crippen molar-refractivity contribution in [3.8, 4) is 0 Å². The molecule has 2 rings (SSSR count). The molecule has 88 valence electrons. The van der Waals surface area contributed by atoms with Gasteiger partial charge in [0.25, 0.3) is 0 Å². The lowest BCUT2D eigenvalue weighted by atomic mass is 10.2. The molecule has 0 radical (unpaired) electrons. The maximum Gasteiger partial charge on any atom is 0.232 e. The molecule has 1 aromatic carbocycles. The van der Waals surface area contributed by atoms with Crippen LogP contribution in [0.3, 0.4) is 0 Å². The molecule has 5 heteroatoms. The third-order valence-corrected chi connectivity index (χ3v) is 5.63. The van der Waals surface area contributed by atoms with Crippen LogP contribution in [0.1, 0.15) is 0 Å². The van der Waals surface area contributed by atoms with Crippen molar-refractivity contribution in [2.45, 2.75) is 4.90 Å². The molecule has 3 nitrogen and oxygen atoms in total. The maximum atomic E-state index is 12.1. The van der Waals surface area contributed by atoms with Crippen molar-refractivity contribution in [3.05, 3.63) is 49.2 Å². The summed E-state index contributed by atoms with van der Waals surface area (Å²) in [6.07, 6.45) is 3.17. The Kier molecular flexibility index (Phi) is 3.49. The first kappa shape index (κ1) is 12.1. The van der Waals surface area contributed by atoms with Crippen molar-refractivity contribution in [1.82, 2.24) is 4.98 Å². The van der Waals surface area contributed by atoms with Crippen LogP contribution in [-0.2, 0) is 8.87 Å². The van der Waals surface area contributed by atoms with Gasteiger partial charge in [0.15, 0.2) is 0 Å². The molecule has 0 aliphatic carbocycles. The van der Waals surface area contributed by atoms with Gasteiger partial charge in [0, 0.05) is 17.3 Å². The van der Waals surface area contributed by atoms with E-state index in [2.05, 4.69) is 11.6 Å². The van der Waals surface area contributed by atoms with Gasteiger partial charge in [-0.25, -0.2) is 8.42 Å². The molecule has 0 aliphatic rings. The largest absolute Gasteiger partial charge is 0.255 e. The first-order valence-corrected chi connectivity index (χ1v) is 7.98. The maximum absolute atomic E-state index is 12.1. The molecule has 0 unspecified atom stereocenters. The van der Waals surface area contributed by atoms with Gasteiger partial charge < -0.3 is 0 Å². The Morgan fingerprint density at radius 3 is 2.82 bits per heavy atom. The Morgan fingerprint density at radius 1 is 1.29 bits per heavy atom. The van der Waals surface area contributed by atoms with Crippen LogP contribution in [0, 0.1) is 0 Å². The highest BCUT2D eigenvalue weighted by Gasteiger charge is 2.17. The van der Waals surface area contributed by atoms with E-state index in [1.54, 1.807) is 30.5 Å². The SMILES string of the molecule is C=CCSS(=O)(=O)c1cccc2cccnc12. The summed E-state index contributed by atoms with van der Waals surface area (Å²) in [5.41, 5.74) is 0.520. The molecular formula is C12H11NO2S2. The topological polar surface area (TPSA) is 47.0 Å². The predicted octanol–water partition coefficient (Wildman–Crippen LogP) is 2.84. The minimum absolute atomic E-state index is 0.266. The summed E-state index contributed by atoms with van der Waals surface area (Å²) >= 11 is 0. The molecular weight excluding hydrogens is 254 g/mol. The molecule has 0 saturated heterocycles. The Hall–Kier alpha value is -1.33. The second-order valence-corrected chi connectivity index (χ2v) is 7.30. The van der Waals surface area contributed by atoms with Crippen LogP contribution in [0.2, 0.25) is 0 Å². The minimum atomic E-state index is -3.37. The van der Waals surface area contributed by atoms with E-state index in [-0.39, 0.29) is 4.90 Å². The molecule has 2 aromatic rings. The molecule has 0 spiro atoms. The first-order valence-electron chi connectivity index (χ1n) is 4.99. The van der Waals surface area contributed by atoms with Gasteiger partial charge in [0.2, 0.25) is 8.87 Å². The number of rotatable bonds is 4. The standard InChI is InChI=1S/C12H11NO2S2/c1-2-9-16-17(14,15)11-7-3-5-10-6-4-8-13-12(10)11/h2-8H,1,9H2. The van der Waals surface area contributed by atoms with Crippen molar-refractivity contribution >= 4 is 30.6 Å². The zero-order chi connectivity index (χ0) is 12.3. The molecule has 0 aliphatic heterocycles. The number of benzene rings is 1. The van der Waals surface area contributed by atoms with Crippen LogP contribution in [-0.4, -0.2) is 19.2 Å². The molecule has 17 heavy (non-hydrogen) atoms. The molecule has 0 atom stereocenters. The highest BCUT2D eigenvalue weighted by atomic mass is 33.1. The van der Waals surface area contributed by atoms with Crippen LogP contribution in [0.15, 0.2) is 54.1 Å². The number of pyridine rings is 1. The highest BCUT2D eigenvalue weighted by molar-refractivity contribution is 8.72. The third kappa shape index (κ3) is 2.50. The van der Waals surface area contributed by atoms with E-state index in [0.717, 1.165) is 16.2 Å². The Morgan fingerprint density at radius 2 is 2.06 bits per heavy atom. The normalized spacial score (nSPS) is 11.5. The lowest BCUT2D eigenvalue weighted by Crippen LogP contribution is -1.98. The molecule has 0 amide bonds. The van der Waals surface area contributed by atoms with E-state index in [4.69, 9.17) is 0 Å². The molecule has 1 aromatic heterocycles. The number of hydrogen-bond donors (Lipinski definition) is 0. The Balaban J connectivity index is 2.59. The van der Waals surface area contributed by atoms with Gasteiger partial charge >= 0.3 is 0 Å². The fraction of sp³-hybridized carbons (Fsp3) is 0.0833. The van der Waals surface area contributed by atoms with E-state index in [1.165, 1.54) is 0 Å². The van der Waals surface area contributed by atoms with Crippen LogP contribution in [0.4, 0.5) is 0 Å².